The molecule has 4 heteroatoms. The molecule has 16 heavy (non-hydrogen) atoms. The van der Waals surface area contributed by atoms with E-state index in [0.717, 1.165) is 28.8 Å². The molecule has 0 aromatic heterocycles. The normalized spacial score (nSPS) is 10.5. The number of thiocarbonyl (C=S) groups is 1. The topological polar surface area (TPSA) is 35.2 Å². The monoisotopic (exact) mass is 301 g/mol. The molecule has 2 N–H and O–H groups in total. The number of benzene rings is 1. The number of halogens is 1. The summed E-state index contributed by atoms with van der Waals surface area (Å²) in [6.07, 6.45) is 1.05. The van der Waals surface area contributed by atoms with E-state index in [1.165, 1.54) is 0 Å². The van der Waals surface area contributed by atoms with Crippen molar-refractivity contribution in [3.63, 3.8) is 0 Å². The molecule has 1 aromatic rings. The number of ether oxygens (including phenoxy) is 1. The molecule has 1 rings (SSSR count). The molecule has 0 atom stereocenters. The lowest BCUT2D eigenvalue weighted by Crippen LogP contribution is -2.09. The smallest absolute Gasteiger partial charge is 0.133 e. The van der Waals surface area contributed by atoms with Gasteiger partial charge in [-0.3, -0.25) is 0 Å². The summed E-state index contributed by atoms with van der Waals surface area (Å²) in [6.45, 7) is 5.07. The van der Waals surface area contributed by atoms with Crippen molar-refractivity contribution in [2.45, 2.75) is 20.3 Å². The van der Waals surface area contributed by atoms with Crippen LogP contribution in [0.25, 0.3) is 0 Å². The molecule has 0 aliphatic carbocycles. The Morgan fingerprint density at radius 2 is 2.19 bits per heavy atom. The van der Waals surface area contributed by atoms with Crippen molar-refractivity contribution in [3.05, 3.63) is 28.2 Å². The Hall–Kier alpha value is -0.610. The zero-order valence-corrected chi connectivity index (χ0v) is 11.9. The van der Waals surface area contributed by atoms with E-state index in [9.17, 15) is 0 Å². The molecule has 0 amide bonds. The van der Waals surface area contributed by atoms with Gasteiger partial charge < -0.3 is 10.5 Å². The van der Waals surface area contributed by atoms with Crippen molar-refractivity contribution in [2.24, 2.45) is 11.7 Å². The predicted octanol–water partition coefficient (Wildman–Crippen LogP) is 3.51. The molecule has 0 aliphatic heterocycles. The van der Waals surface area contributed by atoms with Crippen LogP contribution in [0, 0.1) is 5.92 Å². The van der Waals surface area contributed by atoms with E-state index in [1.807, 2.05) is 18.2 Å². The highest BCUT2D eigenvalue weighted by Gasteiger charge is 2.04. The van der Waals surface area contributed by atoms with E-state index >= 15 is 0 Å². The molecule has 0 saturated carbocycles. The van der Waals surface area contributed by atoms with Gasteiger partial charge in [0.25, 0.3) is 0 Å². The Morgan fingerprint density at radius 1 is 1.50 bits per heavy atom. The van der Waals surface area contributed by atoms with Crippen LogP contribution >= 0.6 is 28.1 Å². The van der Waals surface area contributed by atoms with Gasteiger partial charge in [-0.05, 0) is 46.5 Å². The average Bonchev–Trinajstić information content (AvgIpc) is 2.19. The molecule has 0 saturated heterocycles. The standard InChI is InChI=1S/C12H16BrNOS/c1-8(2)5-6-15-11-4-3-9(12(14)16)7-10(11)13/h3-4,7-8H,5-6H2,1-2H3,(H2,14,16). The van der Waals surface area contributed by atoms with Crippen molar-refractivity contribution in [1.29, 1.82) is 0 Å². The fourth-order valence-corrected chi connectivity index (χ4v) is 1.80. The molecule has 0 unspecified atom stereocenters. The Morgan fingerprint density at radius 3 is 2.69 bits per heavy atom. The number of hydrogen-bond donors (Lipinski definition) is 1. The van der Waals surface area contributed by atoms with Gasteiger partial charge in [-0.2, -0.15) is 0 Å². The van der Waals surface area contributed by atoms with Crippen LogP contribution < -0.4 is 10.5 Å². The molecule has 0 fully saturated rings. The molecular weight excluding hydrogens is 286 g/mol. The van der Waals surface area contributed by atoms with Crippen molar-refractivity contribution in [3.8, 4) is 5.75 Å². The van der Waals surface area contributed by atoms with Crippen molar-refractivity contribution < 1.29 is 4.74 Å². The van der Waals surface area contributed by atoms with Crippen LogP contribution in [-0.2, 0) is 0 Å². The minimum absolute atomic E-state index is 0.398. The van der Waals surface area contributed by atoms with Gasteiger partial charge in [0, 0.05) is 5.56 Å². The van der Waals surface area contributed by atoms with Crippen LogP contribution in [0.15, 0.2) is 22.7 Å². The van der Waals surface area contributed by atoms with E-state index in [1.54, 1.807) is 0 Å². The highest BCUT2D eigenvalue weighted by atomic mass is 79.9. The van der Waals surface area contributed by atoms with Gasteiger partial charge in [0.05, 0.1) is 11.1 Å². The van der Waals surface area contributed by atoms with E-state index in [-0.39, 0.29) is 0 Å². The van der Waals surface area contributed by atoms with Crippen LogP contribution in [0.3, 0.4) is 0 Å². The van der Waals surface area contributed by atoms with Crippen LogP contribution in [0.5, 0.6) is 5.75 Å². The lowest BCUT2D eigenvalue weighted by molar-refractivity contribution is 0.288. The van der Waals surface area contributed by atoms with Gasteiger partial charge in [-0.1, -0.05) is 26.1 Å². The summed E-state index contributed by atoms with van der Waals surface area (Å²) in [4.78, 5) is 0.398. The third kappa shape index (κ3) is 4.10. The van der Waals surface area contributed by atoms with Crippen LogP contribution in [0.2, 0.25) is 0 Å². The van der Waals surface area contributed by atoms with Crippen LogP contribution in [0.1, 0.15) is 25.8 Å². The zero-order valence-electron chi connectivity index (χ0n) is 9.50. The Bertz CT molecular complexity index is 379. The van der Waals surface area contributed by atoms with E-state index in [4.69, 9.17) is 22.7 Å². The molecule has 0 radical (unpaired) electrons. The summed E-state index contributed by atoms with van der Waals surface area (Å²) in [5.41, 5.74) is 6.39. The van der Waals surface area contributed by atoms with Gasteiger partial charge in [-0.25, -0.2) is 0 Å². The van der Waals surface area contributed by atoms with Crippen molar-refractivity contribution in [1.82, 2.24) is 0 Å². The SMILES string of the molecule is CC(C)CCOc1ccc(C(N)=S)cc1Br. The summed E-state index contributed by atoms with van der Waals surface area (Å²) in [5.74, 6) is 1.48. The first kappa shape index (κ1) is 13.5. The van der Waals surface area contributed by atoms with E-state index < -0.39 is 0 Å². The number of nitrogens with two attached hydrogens (primary N) is 1. The van der Waals surface area contributed by atoms with Gasteiger partial charge in [0.1, 0.15) is 10.7 Å². The maximum atomic E-state index is 5.65. The largest absolute Gasteiger partial charge is 0.492 e. The molecule has 0 bridgehead atoms. The first-order valence-corrected chi connectivity index (χ1v) is 6.43. The third-order valence-corrected chi connectivity index (χ3v) is 3.02. The van der Waals surface area contributed by atoms with Crippen molar-refractivity contribution >= 4 is 33.1 Å². The van der Waals surface area contributed by atoms with Gasteiger partial charge in [0.15, 0.2) is 0 Å². The second-order valence-electron chi connectivity index (χ2n) is 4.04. The van der Waals surface area contributed by atoms with Crippen molar-refractivity contribution in [2.75, 3.05) is 6.61 Å². The number of hydrogen-bond acceptors (Lipinski definition) is 2. The first-order chi connectivity index (χ1) is 7.50. The second kappa shape index (κ2) is 6.21. The Balaban J connectivity index is 2.64. The average molecular weight is 302 g/mol. The predicted molar refractivity (Wildman–Crippen MR) is 75.0 cm³/mol. The summed E-state index contributed by atoms with van der Waals surface area (Å²) in [7, 11) is 0. The summed E-state index contributed by atoms with van der Waals surface area (Å²) in [5, 5.41) is 0. The molecule has 0 spiro atoms. The Labute approximate surface area is 110 Å². The lowest BCUT2D eigenvalue weighted by Gasteiger charge is -2.10. The lowest BCUT2D eigenvalue weighted by atomic mass is 10.1. The highest BCUT2D eigenvalue weighted by molar-refractivity contribution is 9.10. The quantitative estimate of drug-likeness (QED) is 0.845. The molecular formula is C12H16BrNOS. The molecule has 88 valence electrons. The van der Waals surface area contributed by atoms with Gasteiger partial charge in [-0.15, -0.1) is 0 Å². The van der Waals surface area contributed by atoms with Gasteiger partial charge >= 0.3 is 0 Å². The molecule has 0 aliphatic rings. The summed E-state index contributed by atoms with van der Waals surface area (Å²) < 4.78 is 6.54. The van der Waals surface area contributed by atoms with Gasteiger partial charge in [0.2, 0.25) is 0 Å². The minimum atomic E-state index is 0.398. The Kier molecular flexibility index (Phi) is 5.22. The maximum absolute atomic E-state index is 5.65. The zero-order chi connectivity index (χ0) is 12.1. The van der Waals surface area contributed by atoms with E-state index in [0.29, 0.717) is 10.9 Å². The fraction of sp³-hybridized carbons (Fsp3) is 0.417. The second-order valence-corrected chi connectivity index (χ2v) is 5.33. The van der Waals surface area contributed by atoms with E-state index in [2.05, 4.69) is 29.8 Å². The maximum Gasteiger partial charge on any atom is 0.133 e. The molecule has 2 nitrogen and oxygen atoms in total. The summed E-state index contributed by atoms with van der Waals surface area (Å²) in [6, 6.07) is 5.64. The van der Waals surface area contributed by atoms with Crippen LogP contribution in [0.4, 0.5) is 0 Å². The molecule has 0 heterocycles. The van der Waals surface area contributed by atoms with Crippen LogP contribution in [-0.4, -0.2) is 11.6 Å². The first-order valence-electron chi connectivity index (χ1n) is 5.23. The highest BCUT2D eigenvalue weighted by Crippen LogP contribution is 2.26. The minimum Gasteiger partial charge on any atom is -0.492 e. The fourth-order valence-electron chi connectivity index (χ4n) is 1.18. The molecule has 1 aromatic carbocycles. The number of rotatable bonds is 5. The third-order valence-electron chi connectivity index (χ3n) is 2.17. The summed E-state index contributed by atoms with van der Waals surface area (Å²) >= 11 is 8.35.